The van der Waals surface area contributed by atoms with Crippen LogP contribution in [-0.4, -0.2) is 62.2 Å². The number of aromatic amines is 2. The Hall–Kier alpha value is -4.70. The Balaban J connectivity index is 1.43. The van der Waals surface area contributed by atoms with Crippen molar-refractivity contribution in [1.82, 2.24) is 35.0 Å². The third-order valence-electron chi connectivity index (χ3n) is 6.35. The van der Waals surface area contributed by atoms with Gasteiger partial charge in [0.1, 0.15) is 22.8 Å². The molecule has 8 nitrogen and oxygen atoms in total. The Morgan fingerprint density at radius 2 is 1.87 bits per heavy atom. The van der Waals surface area contributed by atoms with Crippen LogP contribution in [0.15, 0.2) is 67.1 Å². The van der Waals surface area contributed by atoms with E-state index < -0.39 is 5.82 Å². The third kappa shape index (κ3) is 4.35. The lowest BCUT2D eigenvalue weighted by atomic mass is 10.0. The van der Waals surface area contributed by atoms with Gasteiger partial charge in [-0.15, -0.1) is 0 Å². The van der Waals surface area contributed by atoms with Gasteiger partial charge in [-0.05, 0) is 62.1 Å². The first kappa shape index (κ1) is 23.7. The first-order valence-corrected chi connectivity index (χ1v) is 12.1. The lowest BCUT2D eigenvalue weighted by molar-refractivity contribution is 0.425. The average Bonchev–Trinajstić information content (AvgIpc) is 3.53. The van der Waals surface area contributed by atoms with Gasteiger partial charge in [-0.3, -0.25) is 10.1 Å². The molecule has 6 aromatic rings. The number of benzene rings is 2. The van der Waals surface area contributed by atoms with E-state index in [1.54, 1.807) is 48.9 Å². The number of pyridine rings is 2. The van der Waals surface area contributed by atoms with E-state index in [-0.39, 0.29) is 5.82 Å². The van der Waals surface area contributed by atoms with Crippen LogP contribution in [0, 0.1) is 11.6 Å². The summed E-state index contributed by atoms with van der Waals surface area (Å²) >= 11 is 0. The summed E-state index contributed by atoms with van der Waals surface area (Å²) in [6.07, 6.45) is 4.89. The molecule has 0 atom stereocenters. The maximum absolute atomic E-state index is 15.8. The van der Waals surface area contributed by atoms with E-state index >= 15 is 4.39 Å². The van der Waals surface area contributed by atoms with Crippen molar-refractivity contribution in [2.45, 2.75) is 0 Å². The van der Waals surface area contributed by atoms with E-state index in [1.165, 1.54) is 12.1 Å². The third-order valence-corrected chi connectivity index (χ3v) is 6.35. The standard InChI is InChI=1S/C28H24F2N8/c1-38(2)11-10-32-19-13-17(12-18(29)14-19)21-7-9-33-27-25(21)34-28(35-27)26-23-22(36-37-26)6-5-20(24(23)30)16-4-3-8-31-15-16/h3-9,12-15,32H,10-11H2,1-2H3,(H,36,37)(H,33,34,35). The molecule has 0 amide bonds. The number of aromatic nitrogens is 6. The molecule has 0 bridgehead atoms. The lowest BCUT2D eigenvalue weighted by Crippen LogP contribution is -2.20. The number of hydrogen-bond donors (Lipinski definition) is 3. The number of rotatable bonds is 7. The Bertz CT molecular complexity index is 1760. The maximum Gasteiger partial charge on any atom is 0.161 e. The topological polar surface area (TPSA) is 98.4 Å². The molecule has 0 radical (unpaired) electrons. The highest BCUT2D eigenvalue weighted by molar-refractivity contribution is 5.98. The molecule has 6 rings (SSSR count). The summed E-state index contributed by atoms with van der Waals surface area (Å²) < 4.78 is 30.3. The van der Waals surface area contributed by atoms with E-state index in [1.807, 2.05) is 25.1 Å². The highest BCUT2D eigenvalue weighted by Crippen LogP contribution is 2.35. The van der Waals surface area contributed by atoms with E-state index in [4.69, 9.17) is 4.98 Å². The van der Waals surface area contributed by atoms with Crippen molar-refractivity contribution in [3.63, 3.8) is 0 Å². The fourth-order valence-electron chi connectivity index (χ4n) is 4.52. The van der Waals surface area contributed by atoms with Crippen LogP contribution in [0.25, 0.3) is 55.8 Å². The second kappa shape index (κ2) is 9.64. The summed E-state index contributed by atoms with van der Waals surface area (Å²) in [7, 11) is 3.96. The van der Waals surface area contributed by atoms with Gasteiger partial charge in [-0.1, -0.05) is 6.07 Å². The van der Waals surface area contributed by atoms with Gasteiger partial charge in [0, 0.05) is 54.1 Å². The number of fused-ring (bicyclic) bond motifs is 2. The first-order chi connectivity index (χ1) is 18.5. The van der Waals surface area contributed by atoms with Crippen LogP contribution >= 0.6 is 0 Å². The van der Waals surface area contributed by atoms with E-state index in [2.05, 4.69) is 30.5 Å². The predicted octanol–water partition coefficient (Wildman–Crippen LogP) is 5.48. The number of nitrogens with zero attached hydrogens (tertiary/aromatic N) is 5. The van der Waals surface area contributed by atoms with Crippen LogP contribution in [0.2, 0.25) is 0 Å². The molecule has 0 aliphatic carbocycles. The monoisotopic (exact) mass is 510 g/mol. The number of anilines is 1. The molecular formula is C28H24F2N8. The molecule has 0 aliphatic rings. The summed E-state index contributed by atoms with van der Waals surface area (Å²) in [6, 6.07) is 13.6. The molecule has 0 spiro atoms. The zero-order valence-electron chi connectivity index (χ0n) is 20.8. The van der Waals surface area contributed by atoms with Crippen molar-refractivity contribution < 1.29 is 8.78 Å². The predicted molar refractivity (Wildman–Crippen MR) is 145 cm³/mol. The molecule has 0 unspecified atom stereocenters. The van der Waals surface area contributed by atoms with Gasteiger partial charge in [0.2, 0.25) is 0 Å². The van der Waals surface area contributed by atoms with E-state index in [9.17, 15) is 4.39 Å². The first-order valence-electron chi connectivity index (χ1n) is 12.1. The van der Waals surface area contributed by atoms with Gasteiger partial charge in [0.15, 0.2) is 11.5 Å². The second-order valence-corrected chi connectivity index (χ2v) is 9.26. The average molecular weight is 511 g/mol. The van der Waals surface area contributed by atoms with Crippen molar-refractivity contribution in [2.75, 3.05) is 32.5 Å². The normalized spacial score (nSPS) is 11.6. The van der Waals surface area contributed by atoms with Crippen molar-refractivity contribution in [3.05, 3.63) is 78.8 Å². The Morgan fingerprint density at radius 1 is 0.974 bits per heavy atom. The molecule has 10 heteroatoms. The van der Waals surface area contributed by atoms with E-state index in [0.717, 1.165) is 6.54 Å². The summed E-state index contributed by atoms with van der Waals surface area (Å²) in [5.41, 5.74) is 4.99. The molecule has 0 aliphatic heterocycles. The molecule has 190 valence electrons. The highest BCUT2D eigenvalue weighted by Gasteiger charge is 2.20. The second-order valence-electron chi connectivity index (χ2n) is 9.26. The Labute approximate surface area is 216 Å². The number of hydrogen-bond acceptors (Lipinski definition) is 6. The number of likely N-dealkylation sites (N-methyl/N-ethyl adjacent to an activating group) is 1. The van der Waals surface area contributed by atoms with Crippen molar-refractivity contribution >= 4 is 27.8 Å². The Kier molecular flexibility index (Phi) is 6.01. The largest absolute Gasteiger partial charge is 0.384 e. The summed E-state index contributed by atoms with van der Waals surface area (Å²) in [6.45, 7) is 1.48. The number of imidazole rings is 1. The van der Waals surface area contributed by atoms with Crippen LogP contribution in [0.4, 0.5) is 14.5 Å². The fraction of sp³-hybridized carbons (Fsp3) is 0.143. The molecular weight excluding hydrogens is 486 g/mol. The quantitative estimate of drug-likeness (QED) is 0.263. The van der Waals surface area contributed by atoms with Gasteiger partial charge in [0.25, 0.3) is 0 Å². The molecule has 4 heterocycles. The number of nitrogens with one attached hydrogen (secondary N) is 3. The van der Waals surface area contributed by atoms with Crippen LogP contribution in [0.1, 0.15) is 0 Å². The summed E-state index contributed by atoms with van der Waals surface area (Å²) in [5.74, 6) is -0.431. The molecule has 4 aromatic heterocycles. The van der Waals surface area contributed by atoms with Gasteiger partial charge in [-0.25, -0.2) is 18.7 Å². The molecule has 2 aromatic carbocycles. The summed E-state index contributed by atoms with van der Waals surface area (Å²) in [5, 5.41) is 10.8. The SMILES string of the molecule is CN(C)CCNc1cc(F)cc(-c2ccnc3[nH]c(-c4n[nH]c5ccc(-c6cccnc6)c(F)c45)nc23)c1. The molecule has 3 N–H and O–H groups in total. The zero-order chi connectivity index (χ0) is 26.2. The number of H-pyrrole nitrogens is 2. The molecule has 0 fully saturated rings. The van der Waals surface area contributed by atoms with Crippen LogP contribution in [-0.2, 0) is 0 Å². The smallest absolute Gasteiger partial charge is 0.161 e. The highest BCUT2D eigenvalue weighted by atomic mass is 19.1. The van der Waals surface area contributed by atoms with Gasteiger partial charge in [0.05, 0.1) is 10.9 Å². The number of halogens is 2. The van der Waals surface area contributed by atoms with Crippen molar-refractivity contribution in [3.8, 4) is 33.8 Å². The fourth-order valence-corrected chi connectivity index (χ4v) is 4.52. The van der Waals surface area contributed by atoms with Crippen LogP contribution in [0.5, 0.6) is 0 Å². The minimum Gasteiger partial charge on any atom is -0.384 e. The molecule has 0 saturated heterocycles. The zero-order valence-corrected chi connectivity index (χ0v) is 20.8. The van der Waals surface area contributed by atoms with Gasteiger partial charge >= 0.3 is 0 Å². The van der Waals surface area contributed by atoms with Gasteiger partial charge < -0.3 is 15.2 Å². The van der Waals surface area contributed by atoms with Crippen molar-refractivity contribution in [1.29, 1.82) is 0 Å². The lowest BCUT2D eigenvalue weighted by Gasteiger charge is -2.12. The van der Waals surface area contributed by atoms with Crippen molar-refractivity contribution in [2.24, 2.45) is 0 Å². The van der Waals surface area contributed by atoms with Crippen LogP contribution < -0.4 is 5.32 Å². The minimum atomic E-state index is -0.425. The van der Waals surface area contributed by atoms with Gasteiger partial charge in [-0.2, -0.15) is 5.10 Å². The molecule has 38 heavy (non-hydrogen) atoms. The molecule has 0 saturated carbocycles. The summed E-state index contributed by atoms with van der Waals surface area (Å²) in [4.78, 5) is 18.5. The van der Waals surface area contributed by atoms with Crippen LogP contribution in [0.3, 0.4) is 0 Å². The Morgan fingerprint density at radius 3 is 2.68 bits per heavy atom. The maximum atomic E-state index is 15.8. The van der Waals surface area contributed by atoms with E-state index in [0.29, 0.717) is 68.1 Å². The minimum absolute atomic E-state index is 0.310.